The molecule has 0 aliphatic rings. The second-order valence-corrected chi connectivity index (χ2v) is 6.42. The lowest BCUT2D eigenvalue weighted by Gasteiger charge is -2.38. The number of carbonyl (C=O) groups is 1. The van der Waals surface area contributed by atoms with E-state index in [0.29, 0.717) is 12.8 Å². The second-order valence-electron chi connectivity index (χ2n) is 6.42. The summed E-state index contributed by atoms with van der Waals surface area (Å²) in [6.07, 6.45) is 1.01. The molecule has 24 heavy (non-hydrogen) atoms. The topological polar surface area (TPSA) is 40.5 Å². The van der Waals surface area contributed by atoms with Crippen LogP contribution in [0.1, 0.15) is 30.9 Å². The Morgan fingerprint density at radius 1 is 1.00 bits per heavy atom. The average molecular weight is 325 g/mol. The Hall–Kier alpha value is -1.97. The van der Waals surface area contributed by atoms with Crippen LogP contribution in [0.5, 0.6) is 0 Å². The quantitative estimate of drug-likeness (QED) is 0.810. The number of aliphatic hydroxyl groups is 1. The first-order chi connectivity index (χ1) is 11.6. The number of Topliss-reactive ketones (excluding diaryl/α,β-unsaturated/α-hetero) is 1. The Morgan fingerprint density at radius 3 is 1.79 bits per heavy atom. The van der Waals surface area contributed by atoms with Crippen molar-refractivity contribution >= 4 is 5.78 Å². The number of hydrogen-bond donors (Lipinski definition) is 1. The summed E-state index contributed by atoms with van der Waals surface area (Å²) in [7, 11) is 3.89. The molecular weight excluding hydrogens is 298 g/mol. The summed E-state index contributed by atoms with van der Waals surface area (Å²) in [6.45, 7) is 1.93. The van der Waals surface area contributed by atoms with Crippen molar-refractivity contribution in [3.63, 3.8) is 0 Å². The van der Waals surface area contributed by atoms with Gasteiger partial charge in [0.05, 0.1) is 12.0 Å². The minimum absolute atomic E-state index is 0.0193. The third-order valence-corrected chi connectivity index (χ3v) is 4.81. The zero-order valence-corrected chi connectivity index (χ0v) is 14.8. The Bertz CT molecular complexity index is 598. The van der Waals surface area contributed by atoms with Crippen molar-refractivity contribution in [1.82, 2.24) is 4.90 Å². The summed E-state index contributed by atoms with van der Waals surface area (Å²) in [4.78, 5) is 15.2. The van der Waals surface area contributed by atoms with Crippen molar-refractivity contribution in [2.75, 3.05) is 20.7 Å². The number of rotatable bonds is 8. The molecule has 0 fully saturated rings. The molecule has 2 rings (SSSR count). The number of ketones is 1. The van der Waals surface area contributed by atoms with E-state index in [4.69, 9.17) is 0 Å². The molecule has 128 valence electrons. The van der Waals surface area contributed by atoms with Crippen molar-refractivity contribution in [3.05, 3.63) is 71.8 Å². The average Bonchev–Trinajstić information content (AvgIpc) is 2.63. The van der Waals surface area contributed by atoms with E-state index in [1.54, 1.807) is 0 Å². The van der Waals surface area contributed by atoms with Gasteiger partial charge in [0.2, 0.25) is 0 Å². The first-order valence-corrected chi connectivity index (χ1v) is 8.48. The van der Waals surface area contributed by atoms with Gasteiger partial charge in [-0.25, -0.2) is 0 Å². The number of benzene rings is 2. The van der Waals surface area contributed by atoms with Crippen LogP contribution in [-0.4, -0.2) is 42.5 Å². The molecule has 2 aromatic rings. The smallest absolute Gasteiger partial charge is 0.147 e. The zero-order valence-electron chi connectivity index (χ0n) is 14.8. The summed E-state index contributed by atoms with van der Waals surface area (Å²) in [5.41, 5.74) is 1.24. The predicted molar refractivity (Wildman–Crippen MR) is 98.1 cm³/mol. The molecule has 0 spiro atoms. The Kier molecular flexibility index (Phi) is 6.29. The minimum atomic E-state index is -0.741. The van der Waals surface area contributed by atoms with E-state index in [1.807, 2.05) is 86.6 Å². The summed E-state index contributed by atoms with van der Waals surface area (Å²) in [5.74, 6) is 0.181. The van der Waals surface area contributed by atoms with E-state index in [9.17, 15) is 9.90 Å². The molecule has 0 saturated heterocycles. The highest BCUT2D eigenvalue weighted by molar-refractivity contribution is 5.93. The Morgan fingerprint density at radius 2 is 1.46 bits per heavy atom. The molecule has 3 heteroatoms. The van der Waals surface area contributed by atoms with Crippen LogP contribution in [0.2, 0.25) is 0 Å². The van der Waals surface area contributed by atoms with Gasteiger partial charge in [-0.3, -0.25) is 4.79 Å². The molecule has 0 aromatic heterocycles. The van der Waals surface area contributed by atoms with Gasteiger partial charge in [-0.2, -0.15) is 0 Å². The fraction of sp³-hybridized carbons (Fsp3) is 0.381. The van der Waals surface area contributed by atoms with E-state index < -0.39 is 5.41 Å². The Balaban J connectivity index is 2.67. The van der Waals surface area contributed by atoms with Crippen molar-refractivity contribution < 1.29 is 9.90 Å². The highest BCUT2D eigenvalue weighted by atomic mass is 16.3. The fourth-order valence-corrected chi connectivity index (χ4v) is 3.35. The highest BCUT2D eigenvalue weighted by Gasteiger charge is 2.42. The van der Waals surface area contributed by atoms with E-state index in [-0.39, 0.29) is 18.4 Å². The lowest BCUT2D eigenvalue weighted by atomic mass is 9.66. The van der Waals surface area contributed by atoms with Crippen molar-refractivity contribution in [3.8, 4) is 0 Å². The first kappa shape index (κ1) is 18.4. The van der Waals surface area contributed by atoms with E-state index in [1.165, 1.54) is 0 Å². The van der Waals surface area contributed by atoms with Crippen LogP contribution in [0.4, 0.5) is 0 Å². The molecule has 0 radical (unpaired) electrons. The molecular formula is C21H27NO2. The highest BCUT2D eigenvalue weighted by Crippen LogP contribution is 2.39. The third kappa shape index (κ3) is 3.58. The maximum atomic E-state index is 13.2. The molecule has 3 nitrogen and oxygen atoms in total. The van der Waals surface area contributed by atoms with Crippen molar-refractivity contribution in [2.45, 2.75) is 31.2 Å². The number of nitrogens with zero attached hydrogens (tertiary/aromatic N) is 1. The lowest BCUT2D eigenvalue weighted by Crippen LogP contribution is -2.45. The minimum Gasteiger partial charge on any atom is -0.395 e. The molecule has 0 amide bonds. The summed E-state index contributed by atoms with van der Waals surface area (Å²) in [5, 5.41) is 9.86. The maximum absolute atomic E-state index is 13.2. The number of hydrogen-bond acceptors (Lipinski definition) is 3. The predicted octanol–water partition coefficient (Wildman–Crippen LogP) is 3.26. The monoisotopic (exact) mass is 325 g/mol. The maximum Gasteiger partial charge on any atom is 0.147 e. The fourth-order valence-electron chi connectivity index (χ4n) is 3.35. The van der Waals surface area contributed by atoms with Crippen LogP contribution < -0.4 is 0 Å². The molecule has 1 N–H and O–H groups in total. The summed E-state index contributed by atoms with van der Waals surface area (Å²) < 4.78 is 0. The number of likely N-dealkylation sites (N-methyl/N-ethyl adjacent to an activating group) is 1. The van der Waals surface area contributed by atoms with Gasteiger partial charge in [0, 0.05) is 12.5 Å². The van der Waals surface area contributed by atoms with Gasteiger partial charge >= 0.3 is 0 Å². The normalized spacial score (nSPS) is 13.0. The van der Waals surface area contributed by atoms with Crippen LogP contribution in [0.25, 0.3) is 0 Å². The van der Waals surface area contributed by atoms with Gasteiger partial charge in [0.25, 0.3) is 0 Å². The largest absolute Gasteiger partial charge is 0.395 e. The molecule has 0 aliphatic carbocycles. The Labute approximate surface area is 144 Å². The second kappa shape index (κ2) is 8.22. The van der Waals surface area contributed by atoms with Crippen LogP contribution in [0.3, 0.4) is 0 Å². The molecule has 0 bridgehead atoms. The molecule has 1 atom stereocenters. The zero-order chi connectivity index (χ0) is 17.6. The molecule has 2 aromatic carbocycles. The standard InChI is InChI=1S/C21H27NO2/c1-4-20(24)21(15-19(16-23)22(2)3,17-11-7-5-8-12-17)18-13-9-6-10-14-18/h5-14,19,23H,4,15-16H2,1-3H3/t19-/m1/s1. The van der Waals surface area contributed by atoms with E-state index in [0.717, 1.165) is 11.1 Å². The van der Waals surface area contributed by atoms with Gasteiger partial charge in [0.1, 0.15) is 5.78 Å². The molecule has 0 heterocycles. The van der Waals surface area contributed by atoms with Crippen LogP contribution in [-0.2, 0) is 10.2 Å². The lowest BCUT2D eigenvalue weighted by molar-refractivity contribution is -0.123. The van der Waals surface area contributed by atoms with Crippen LogP contribution >= 0.6 is 0 Å². The summed E-state index contributed by atoms with van der Waals surface area (Å²) in [6, 6.07) is 19.8. The number of carbonyl (C=O) groups excluding carboxylic acids is 1. The molecule has 0 aliphatic heterocycles. The van der Waals surface area contributed by atoms with Crippen LogP contribution in [0.15, 0.2) is 60.7 Å². The summed E-state index contributed by atoms with van der Waals surface area (Å²) >= 11 is 0. The van der Waals surface area contributed by atoms with E-state index in [2.05, 4.69) is 0 Å². The van der Waals surface area contributed by atoms with Gasteiger partial charge < -0.3 is 10.0 Å². The van der Waals surface area contributed by atoms with Crippen LogP contribution in [0, 0.1) is 0 Å². The van der Waals surface area contributed by atoms with Crippen molar-refractivity contribution in [2.24, 2.45) is 0 Å². The first-order valence-electron chi connectivity index (χ1n) is 8.48. The molecule has 0 saturated carbocycles. The molecule has 0 unspecified atom stereocenters. The van der Waals surface area contributed by atoms with Gasteiger partial charge in [-0.05, 0) is 31.6 Å². The van der Waals surface area contributed by atoms with Gasteiger partial charge in [0.15, 0.2) is 0 Å². The number of aliphatic hydroxyl groups excluding tert-OH is 1. The van der Waals surface area contributed by atoms with E-state index >= 15 is 0 Å². The third-order valence-electron chi connectivity index (χ3n) is 4.81. The van der Waals surface area contributed by atoms with Gasteiger partial charge in [-0.15, -0.1) is 0 Å². The van der Waals surface area contributed by atoms with Gasteiger partial charge in [-0.1, -0.05) is 67.6 Å². The SMILES string of the molecule is CCC(=O)C(C[C@H](CO)N(C)C)(c1ccccc1)c1ccccc1. The van der Waals surface area contributed by atoms with Crippen molar-refractivity contribution in [1.29, 1.82) is 0 Å².